The van der Waals surface area contributed by atoms with Crippen LogP contribution in [0.1, 0.15) is 41.8 Å². The first-order valence-electron chi connectivity index (χ1n) is 13.1. The third-order valence-electron chi connectivity index (χ3n) is 5.80. The molecule has 9 heteroatoms. The van der Waals surface area contributed by atoms with E-state index in [9.17, 15) is 19.2 Å². The maximum atomic E-state index is 12.7. The Morgan fingerprint density at radius 3 is 1.95 bits per heavy atom. The van der Waals surface area contributed by atoms with Gasteiger partial charge in [-0.05, 0) is 35.6 Å². The number of carbonyl (C=O) groups is 4. The number of Topliss-reactive ketones (excluding diaryl/α,β-unsaturated/α-hetero) is 1. The Hall–Kier alpha value is -4.66. The van der Waals surface area contributed by atoms with E-state index < -0.39 is 29.7 Å². The summed E-state index contributed by atoms with van der Waals surface area (Å²) in [5.74, 6) is -0.886. The highest BCUT2D eigenvalue weighted by Crippen LogP contribution is 2.19. The number of carbonyl (C=O) groups excluding carboxylic acids is 4. The molecule has 3 amide bonds. The number of alkyl carbamates (subject to hydrolysis) is 1. The molecule has 0 radical (unpaired) electrons. The van der Waals surface area contributed by atoms with Gasteiger partial charge in [-0.3, -0.25) is 14.4 Å². The van der Waals surface area contributed by atoms with Crippen molar-refractivity contribution in [1.82, 2.24) is 16.0 Å². The maximum Gasteiger partial charge on any atom is 0.408 e. The second-order valence-electron chi connectivity index (χ2n) is 9.60. The molecule has 3 aromatic carbocycles. The van der Waals surface area contributed by atoms with E-state index >= 15 is 0 Å². The lowest BCUT2D eigenvalue weighted by atomic mass is 10.0. The summed E-state index contributed by atoms with van der Waals surface area (Å²) in [7, 11) is 0. The lowest BCUT2D eigenvalue weighted by Crippen LogP contribution is -2.49. The monoisotopic (exact) mass is 545 g/mol. The summed E-state index contributed by atoms with van der Waals surface area (Å²) >= 11 is 0. The van der Waals surface area contributed by atoms with Crippen LogP contribution in [0.5, 0.6) is 5.75 Å². The second kappa shape index (κ2) is 15.7. The van der Waals surface area contributed by atoms with E-state index in [4.69, 9.17) is 9.47 Å². The maximum absolute atomic E-state index is 12.7. The molecule has 40 heavy (non-hydrogen) atoms. The molecular formula is C31H35N3O6. The zero-order chi connectivity index (χ0) is 28.7. The fraction of sp³-hybridized carbons (Fsp3) is 0.290. The molecule has 0 saturated carbocycles. The largest absolute Gasteiger partial charge is 0.488 e. The van der Waals surface area contributed by atoms with E-state index in [1.807, 2.05) is 74.5 Å². The molecule has 0 aliphatic carbocycles. The van der Waals surface area contributed by atoms with Crippen molar-refractivity contribution < 1.29 is 28.7 Å². The normalized spacial score (nSPS) is 11.3. The molecule has 0 bridgehead atoms. The number of para-hydroxylation sites is 1. The molecule has 0 heterocycles. The van der Waals surface area contributed by atoms with Crippen LogP contribution in [0, 0.1) is 5.92 Å². The predicted molar refractivity (Wildman–Crippen MR) is 151 cm³/mol. The van der Waals surface area contributed by atoms with E-state index in [1.54, 1.807) is 24.3 Å². The molecule has 0 aromatic heterocycles. The predicted octanol–water partition coefficient (Wildman–Crippen LogP) is 4.02. The molecule has 0 unspecified atom stereocenters. The highest BCUT2D eigenvalue weighted by atomic mass is 16.5. The van der Waals surface area contributed by atoms with Gasteiger partial charge in [0.05, 0.1) is 18.7 Å². The molecule has 0 aliphatic heterocycles. The molecule has 9 nitrogen and oxygen atoms in total. The van der Waals surface area contributed by atoms with Crippen LogP contribution in [-0.4, -0.2) is 42.8 Å². The van der Waals surface area contributed by atoms with Gasteiger partial charge in [0.2, 0.25) is 5.91 Å². The first kappa shape index (κ1) is 29.9. The van der Waals surface area contributed by atoms with Crippen LogP contribution < -0.4 is 20.7 Å². The number of amides is 3. The summed E-state index contributed by atoms with van der Waals surface area (Å²) in [4.78, 5) is 50.2. The zero-order valence-corrected chi connectivity index (χ0v) is 22.7. The van der Waals surface area contributed by atoms with E-state index in [0.717, 1.165) is 11.1 Å². The topological polar surface area (TPSA) is 123 Å². The zero-order valence-electron chi connectivity index (χ0n) is 22.7. The fourth-order valence-corrected chi connectivity index (χ4v) is 3.77. The van der Waals surface area contributed by atoms with Crippen molar-refractivity contribution >= 4 is 23.7 Å². The molecule has 0 spiro atoms. The van der Waals surface area contributed by atoms with Gasteiger partial charge in [-0.15, -0.1) is 0 Å². The number of rotatable bonds is 14. The van der Waals surface area contributed by atoms with Crippen molar-refractivity contribution in [3.8, 4) is 5.75 Å². The second-order valence-corrected chi connectivity index (χ2v) is 9.60. The molecule has 3 aromatic rings. The standard InChI is InChI=1S/C31H35N3O6/c1-22(2)17-27(34-31(38)40-21-24-13-7-4-8-14-24)30(37)33-19-25(35)18-32-29(36)26-15-9-10-16-28(26)39-20-23-11-5-3-6-12-23/h3-16,22,27H,17-21H2,1-2H3,(H,32,36)(H,33,37)(H,34,38)/t27-/m0/s1. The Morgan fingerprint density at radius 2 is 1.30 bits per heavy atom. The Labute approximate surface area is 234 Å². The summed E-state index contributed by atoms with van der Waals surface area (Å²) in [5, 5.41) is 7.70. The van der Waals surface area contributed by atoms with Crippen LogP contribution in [0.15, 0.2) is 84.9 Å². The number of benzene rings is 3. The quantitative estimate of drug-likeness (QED) is 0.281. The lowest BCUT2D eigenvalue weighted by Gasteiger charge is -2.20. The van der Waals surface area contributed by atoms with Gasteiger partial charge in [-0.2, -0.15) is 0 Å². The molecule has 1 atom stereocenters. The molecule has 0 saturated heterocycles. The van der Waals surface area contributed by atoms with Gasteiger partial charge >= 0.3 is 6.09 Å². The number of ketones is 1. The Balaban J connectivity index is 1.46. The average molecular weight is 546 g/mol. The van der Waals surface area contributed by atoms with Crippen LogP contribution in [-0.2, 0) is 27.5 Å². The van der Waals surface area contributed by atoms with E-state index in [-0.39, 0.29) is 25.6 Å². The summed E-state index contributed by atoms with van der Waals surface area (Å²) in [5.41, 5.74) is 2.07. The van der Waals surface area contributed by atoms with Gasteiger partial charge in [-0.25, -0.2) is 4.79 Å². The van der Waals surface area contributed by atoms with E-state index in [0.29, 0.717) is 24.3 Å². The number of hydrogen-bond acceptors (Lipinski definition) is 6. The van der Waals surface area contributed by atoms with Gasteiger partial charge in [-0.1, -0.05) is 86.6 Å². The fourth-order valence-electron chi connectivity index (χ4n) is 3.77. The minimum atomic E-state index is -0.876. The van der Waals surface area contributed by atoms with Gasteiger partial charge < -0.3 is 25.4 Å². The Bertz CT molecular complexity index is 1260. The van der Waals surface area contributed by atoms with Crippen molar-refractivity contribution in [2.24, 2.45) is 5.92 Å². The van der Waals surface area contributed by atoms with Gasteiger partial charge in [0.15, 0.2) is 5.78 Å². The van der Waals surface area contributed by atoms with Crippen molar-refractivity contribution in [3.05, 3.63) is 102 Å². The first-order valence-corrected chi connectivity index (χ1v) is 13.1. The van der Waals surface area contributed by atoms with Gasteiger partial charge in [0, 0.05) is 0 Å². The molecule has 3 rings (SSSR count). The summed E-state index contributed by atoms with van der Waals surface area (Å²) in [6.07, 6.45) is -0.367. The van der Waals surface area contributed by atoms with Gasteiger partial charge in [0.1, 0.15) is 25.0 Å². The Morgan fingerprint density at radius 1 is 0.725 bits per heavy atom. The van der Waals surface area contributed by atoms with E-state index in [2.05, 4.69) is 16.0 Å². The van der Waals surface area contributed by atoms with Crippen molar-refractivity contribution in [3.63, 3.8) is 0 Å². The molecule has 0 fully saturated rings. The molecule has 0 aliphatic rings. The van der Waals surface area contributed by atoms with Crippen LogP contribution in [0.4, 0.5) is 4.79 Å². The minimum absolute atomic E-state index is 0.0707. The average Bonchev–Trinajstić information content (AvgIpc) is 2.97. The highest BCUT2D eigenvalue weighted by Gasteiger charge is 2.23. The highest BCUT2D eigenvalue weighted by molar-refractivity contribution is 5.99. The summed E-state index contributed by atoms with van der Waals surface area (Å²) in [6.45, 7) is 3.61. The first-order chi connectivity index (χ1) is 19.3. The number of ether oxygens (including phenoxy) is 2. The minimum Gasteiger partial charge on any atom is -0.488 e. The molecule has 210 valence electrons. The SMILES string of the molecule is CC(C)C[C@H](NC(=O)OCc1ccccc1)C(=O)NCC(=O)CNC(=O)c1ccccc1OCc1ccccc1. The lowest BCUT2D eigenvalue weighted by molar-refractivity contribution is -0.126. The van der Waals surface area contributed by atoms with Crippen molar-refractivity contribution in [2.75, 3.05) is 13.1 Å². The van der Waals surface area contributed by atoms with Crippen molar-refractivity contribution in [1.29, 1.82) is 0 Å². The molecule has 3 N–H and O–H groups in total. The Kier molecular flexibility index (Phi) is 11.7. The third-order valence-corrected chi connectivity index (χ3v) is 5.80. The summed E-state index contributed by atoms with van der Waals surface area (Å²) in [6, 6.07) is 24.6. The summed E-state index contributed by atoms with van der Waals surface area (Å²) < 4.78 is 11.0. The third kappa shape index (κ3) is 10.2. The van der Waals surface area contributed by atoms with Crippen LogP contribution in [0.25, 0.3) is 0 Å². The van der Waals surface area contributed by atoms with Crippen LogP contribution in [0.3, 0.4) is 0 Å². The number of nitrogens with one attached hydrogen (secondary N) is 3. The van der Waals surface area contributed by atoms with Gasteiger partial charge in [0.25, 0.3) is 5.91 Å². The van der Waals surface area contributed by atoms with Crippen LogP contribution in [0.2, 0.25) is 0 Å². The van der Waals surface area contributed by atoms with E-state index in [1.165, 1.54) is 0 Å². The van der Waals surface area contributed by atoms with Crippen LogP contribution >= 0.6 is 0 Å². The number of hydrogen-bond donors (Lipinski definition) is 3. The van der Waals surface area contributed by atoms with Crippen molar-refractivity contribution in [2.45, 2.75) is 39.5 Å². The smallest absolute Gasteiger partial charge is 0.408 e. The molecular weight excluding hydrogens is 510 g/mol.